The van der Waals surface area contributed by atoms with E-state index in [1.807, 2.05) is 12.1 Å². The standard InChI is InChI=1S/C22H24N2O4/c1-13-7-8-14-11-15-12-22(19(25)27-21(2,3)28-20(22)26)17-6-4-5-9-24(17)18(15)23-16(14)10-13/h7-8,10-11,17H,4-6,9,12H2,1-3H3. The Morgan fingerprint density at radius 2 is 1.86 bits per heavy atom. The van der Waals surface area contributed by atoms with Crippen LogP contribution in [0.2, 0.25) is 0 Å². The van der Waals surface area contributed by atoms with Crippen molar-refractivity contribution in [3.8, 4) is 0 Å². The fraction of sp³-hybridized carbons (Fsp3) is 0.500. The highest BCUT2D eigenvalue weighted by Crippen LogP contribution is 2.49. The third kappa shape index (κ3) is 2.36. The van der Waals surface area contributed by atoms with Crippen molar-refractivity contribution < 1.29 is 19.1 Å². The summed E-state index contributed by atoms with van der Waals surface area (Å²) < 4.78 is 11.2. The van der Waals surface area contributed by atoms with Gasteiger partial charge in [-0.3, -0.25) is 9.59 Å². The molecule has 2 saturated heterocycles. The predicted octanol–water partition coefficient (Wildman–Crippen LogP) is 3.28. The molecule has 2 aromatic rings. The monoisotopic (exact) mass is 380 g/mol. The quantitative estimate of drug-likeness (QED) is 0.516. The number of ether oxygens (including phenoxy) is 2. The summed E-state index contributed by atoms with van der Waals surface area (Å²) in [6, 6.07) is 7.94. The zero-order chi connectivity index (χ0) is 19.7. The molecule has 0 aliphatic carbocycles. The number of benzene rings is 1. The molecule has 0 bridgehead atoms. The number of rotatable bonds is 0. The van der Waals surface area contributed by atoms with Gasteiger partial charge in [-0.05, 0) is 49.4 Å². The van der Waals surface area contributed by atoms with Crippen LogP contribution in [0.15, 0.2) is 24.3 Å². The minimum absolute atomic E-state index is 0.272. The Bertz CT molecular complexity index is 993. The molecule has 0 saturated carbocycles. The summed E-state index contributed by atoms with van der Waals surface area (Å²) in [5, 5.41) is 1.01. The van der Waals surface area contributed by atoms with Crippen LogP contribution in [0.4, 0.5) is 5.82 Å². The molecule has 0 amide bonds. The van der Waals surface area contributed by atoms with Gasteiger partial charge in [0.05, 0.1) is 11.6 Å². The van der Waals surface area contributed by atoms with Crippen LogP contribution in [0.1, 0.15) is 44.2 Å². The Kier molecular flexibility index (Phi) is 3.55. The van der Waals surface area contributed by atoms with Crippen LogP contribution in [0.3, 0.4) is 0 Å². The number of nitrogens with zero attached hydrogens (tertiary/aromatic N) is 2. The normalized spacial score (nSPS) is 25.1. The highest BCUT2D eigenvalue weighted by Gasteiger charge is 2.64. The summed E-state index contributed by atoms with van der Waals surface area (Å²) >= 11 is 0. The molecule has 1 spiro atoms. The van der Waals surface area contributed by atoms with Gasteiger partial charge in [-0.25, -0.2) is 4.98 Å². The third-order valence-electron chi connectivity index (χ3n) is 6.25. The Morgan fingerprint density at radius 3 is 2.61 bits per heavy atom. The van der Waals surface area contributed by atoms with Crippen molar-refractivity contribution in [3.63, 3.8) is 0 Å². The van der Waals surface area contributed by atoms with Crippen molar-refractivity contribution in [1.82, 2.24) is 4.98 Å². The molecule has 0 N–H and O–H groups in total. The minimum Gasteiger partial charge on any atom is -0.422 e. The summed E-state index contributed by atoms with van der Waals surface area (Å²) in [5.74, 6) is -1.28. The number of fused-ring (bicyclic) bond motifs is 5. The van der Waals surface area contributed by atoms with Crippen LogP contribution >= 0.6 is 0 Å². The zero-order valence-electron chi connectivity index (χ0n) is 16.4. The lowest BCUT2D eigenvalue weighted by Crippen LogP contribution is -2.67. The number of carbonyl (C=O) groups is 2. The van der Waals surface area contributed by atoms with Gasteiger partial charge in [-0.2, -0.15) is 0 Å². The van der Waals surface area contributed by atoms with Crippen molar-refractivity contribution >= 4 is 28.7 Å². The lowest BCUT2D eigenvalue weighted by molar-refractivity contribution is -0.253. The molecular formula is C22H24N2O4. The average Bonchev–Trinajstić information content (AvgIpc) is 2.64. The number of piperidine rings is 1. The first-order chi connectivity index (χ1) is 13.3. The van der Waals surface area contributed by atoms with Crippen molar-refractivity contribution in [2.45, 2.75) is 58.3 Å². The van der Waals surface area contributed by atoms with Crippen LogP contribution < -0.4 is 4.90 Å². The van der Waals surface area contributed by atoms with Crippen LogP contribution in [-0.4, -0.2) is 35.3 Å². The first-order valence-electron chi connectivity index (χ1n) is 9.94. The van der Waals surface area contributed by atoms with E-state index in [1.54, 1.807) is 13.8 Å². The molecule has 4 heterocycles. The molecule has 6 nitrogen and oxygen atoms in total. The zero-order valence-corrected chi connectivity index (χ0v) is 16.4. The second-order valence-electron chi connectivity index (χ2n) is 8.70. The van der Waals surface area contributed by atoms with Gasteiger partial charge in [0.1, 0.15) is 5.82 Å². The number of esters is 2. The third-order valence-corrected chi connectivity index (χ3v) is 6.25. The van der Waals surface area contributed by atoms with E-state index in [0.29, 0.717) is 0 Å². The van der Waals surface area contributed by atoms with E-state index in [-0.39, 0.29) is 12.5 Å². The summed E-state index contributed by atoms with van der Waals surface area (Å²) in [6.45, 7) is 6.02. The van der Waals surface area contributed by atoms with Gasteiger partial charge in [-0.15, -0.1) is 0 Å². The van der Waals surface area contributed by atoms with E-state index < -0.39 is 23.1 Å². The molecule has 3 aliphatic rings. The van der Waals surface area contributed by atoms with E-state index >= 15 is 0 Å². The van der Waals surface area contributed by atoms with E-state index in [4.69, 9.17) is 14.5 Å². The molecule has 6 heteroatoms. The van der Waals surface area contributed by atoms with Crippen molar-refractivity contribution in [2.75, 3.05) is 11.4 Å². The Balaban J connectivity index is 1.70. The minimum atomic E-state index is -1.32. The second-order valence-corrected chi connectivity index (χ2v) is 8.70. The average molecular weight is 380 g/mol. The summed E-state index contributed by atoms with van der Waals surface area (Å²) in [6.07, 6.45) is 3.00. The molecule has 1 atom stereocenters. The maximum absolute atomic E-state index is 13.2. The highest BCUT2D eigenvalue weighted by molar-refractivity contribution is 6.04. The first-order valence-corrected chi connectivity index (χ1v) is 9.94. The van der Waals surface area contributed by atoms with Gasteiger partial charge in [-0.1, -0.05) is 12.1 Å². The van der Waals surface area contributed by atoms with Crippen molar-refractivity contribution in [3.05, 3.63) is 35.4 Å². The molecule has 5 rings (SSSR count). The van der Waals surface area contributed by atoms with Gasteiger partial charge < -0.3 is 14.4 Å². The highest BCUT2D eigenvalue weighted by atomic mass is 16.7. The van der Waals surface area contributed by atoms with Crippen LogP contribution in [-0.2, 0) is 25.5 Å². The predicted molar refractivity (Wildman–Crippen MR) is 104 cm³/mol. The van der Waals surface area contributed by atoms with Crippen LogP contribution in [0.5, 0.6) is 0 Å². The van der Waals surface area contributed by atoms with Crippen molar-refractivity contribution in [1.29, 1.82) is 0 Å². The number of aromatic nitrogens is 1. The number of anilines is 1. The lowest BCUT2D eigenvalue weighted by Gasteiger charge is -2.52. The number of hydrogen-bond donors (Lipinski definition) is 0. The number of pyridine rings is 1. The first kappa shape index (κ1) is 17.5. The maximum atomic E-state index is 13.2. The summed E-state index contributed by atoms with van der Waals surface area (Å²) in [5.41, 5.74) is 1.68. The van der Waals surface area contributed by atoms with Crippen LogP contribution in [0, 0.1) is 12.3 Å². The fourth-order valence-corrected chi connectivity index (χ4v) is 4.95. The molecule has 3 aliphatic heterocycles. The number of aryl methyl sites for hydroxylation is 1. The Morgan fingerprint density at radius 1 is 1.11 bits per heavy atom. The molecule has 2 fully saturated rings. The summed E-state index contributed by atoms with van der Waals surface area (Å²) in [7, 11) is 0. The molecular weight excluding hydrogens is 356 g/mol. The molecule has 1 unspecified atom stereocenters. The van der Waals surface area contributed by atoms with E-state index in [0.717, 1.165) is 53.7 Å². The van der Waals surface area contributed by atoms with E-state index in [1.165, 1.54) is 0 Å². The van der Waals surface area contributed by atoms with Gasteiger partial charge in [0.2, 0.25) is 0 Å². The van der Waals surface area contributed by atoms with Crippen LogP contribution in [0.25, 0.3) is 10.9 Å². The Labute approximate surface area is 163 Å². The Hall–Kier alpha value is -2.63. The van der Waals surface area contributed by atoms with E-state index in [2.05, 4.69) is 24.0 Å². The summed E-state index contributed by atoms with van der Waals surface area (Å²) in [4.78, 5) is 33.5. The molecule has 28 heavy (non-hydrogen) atoms. The van der Waals surface area contributed by atoms with Gasteiger partial charge in [0.15, 0.2) is 5.41 Å². The second kappa shape index (κ2) is 5.69. The van der Waals surface area contributed by atoms with Gasteiger partial charge >= 0.3 is 11.9 Å². The smallest absolute Gasteiger partial charge is 0.329 e. The molecule has 0 radical (unpaired) electrons. The van der Waals surface area contributed by atoms with Gasteiger partial charge in [0.25, 0.3) is 5.79 Å². The maximum Gasteiger partial charge on any atom is 0.329 e. The number of hydrogen-bond acceptors (Lipinski definition) is 6. The largest absolute Gasteiger partial charge is 0.422 e. The van der Waals surface area contributed by atoms with Crippen molar-refractivity contribution in [2.24, 2.45) is 5.41 Å². The SMILES string of the molecule is Cc1ccc2cc3c(nc2c1)N1CCCCC1C1(C3)C(=O)OC(C)(C)OC1=O. The van der Waals surface area contributed by atoms with E-state index in [9.17, 15) is 9.59 Å². The molecule has 146 valence electrons. The molecule has 1 aromatic carbocycles. The number of cyclic esters (lactones) is 2. The fourth-order valence-electron chi connectivity index (χ4n) is 4.95. The lowest BCUT2D eigenvalue weighted by atomic mass is 9.68. The molecule has 1 aromatic heterocycles. The number of carbonyl (C=O) groups excluding carboxylic acids is 2. The topological polar surface area (TPSA) is 68.7 Å². The van der Waals surface area contributed by atoms with Gasteiger partial charge in [0, 0.05) is 32.2 Å².